The summed E-state index contributed by atoms with van der Waals surface area (Å²) < 4.78 is 0. The molecule has 1 saturated heterocycles. The van der Waals surface area contributed by atoms with E-state index in [1.807, 2.05) is 12.1 Å². The fourth-order valence-electron chi connectivity index (χ4n) is 2.36. The Morgan fingerprint density at radius 2 is 2.00 bits per heavy atom. The summed E-state index contributed by atoms with van der Waals surface area (Å²) >= 11 is 11.9. The molecule has 0 bridgehead atoms. The maximum atomic E-state index is 11.0. The predicted molar refractivity (Wildman–Crippen MR) is 72.1 cm³/mol. The van der Waals surface area contributed by atoms with Crippen LogP contribution in [0.1, 0.15) is 18.4 Å². The summed E-state index contributed by atoms with van der Waals surface area (Å²) in [7, 11) is 0. The minimum Gasteiger partial charge on any atom is -0.481 e. The molecule has 1 fully saturated rings. The van der Waals surface area contributed by atoms with Gasteiger partial charge in [-0.05, 0) is 43.1 Å². The number of likely N-dealkylation sites (tertiary alicyclic amines) is 1. The number of benzene rings is 1. The minimum atomic E-state index is -0.705. The number of aliphatic carboxylic acids is 1. The van der Waals surface area contributed by atoms with E-state index in [-0.39, 0.29) is 5.92 Å². The van der Waals surface area contributed by atoms with E-state index in [2.05, 4.69) is 4.90 Å². The number of carboxylic acids is 1. The second-order valence-corrected chi connectivity index (χ2v) is 5.56. The van der Waals surface area contributed by atoms with E-state index < -0.39 is 5.97 Å². The van der Waals surface area contributed by atoms with E-state index in [4.69, 9.17) is 28.3 Å². The molecule has 98 valence electrons. The van der Waals surface area contributed by atoms with Crippen LogP contribution in [-0.4, -0.2) is 29.1 Å². The molecule has 1 aromatic carbocycles. The van der Waals surface area contributed by atoms with Crippen LogP contribution in [0.15, 0.2) is 18.2 Å². The van der Waals surface area contributed by atoms with Crippen molar-refractivity contribution in [3.8, 4) is 0 Å². The third-order valence-electron chi connectivity index (χ3n) is 3.18. The van der Waals surface area contributed by atoms with Crippen LogP contribution in [0.2, 0.25) is 10.0 Å². The summed E-state index contributed by atoms with van der Waals surface area (Å²) in [5.74, 6) is -0.961. The van der Waals surface area contributed by atoms with Crippen LogP contribution < -0.4 is 0 Å². The van der Waals surface area contributed by atoms with Gasteiger partial charge in [0.05, 0.1) is 5.92 Å². The number of nitrogens with zero attached hydrogens (tertiary/aromatic N) is 1. The summed E-state index contributed by atoms with van der Waals surface area (Å²) in [5, 5.41) is 10.3. The maximum Gasteiger partial charge on any atom is 0.307 e. The van der Waals surface area contributed by atoms with Gasteiger partial charge >= 0.3 is 5.97 Å². The molecule has 0 radical (unpaired) electrons. The molecule has 0 saturated carbocycles. The lowest BCUT2D eigenvalue weighted by Gasteiger charge is -2.30. The molecule has 0 spiro atoms. The Balaban J connectivity index is 2.02. The van der Waals surface area contributed by atoms with Crippen molar-refractivity contribution in [1.82, 2.24) is 4.90 Å². The molecule has 1 aromatic rings. The summed E-state index contributed by atoms with van der Waals surface area (Å²) in [6.07, 6.45) is 1.69. The molecule has 0 aliphatic carbocycles. The van der Waals surface area contributed by atoms with Crippen molar-refractivity contribution in [2.24, 2.45) is 5.92 Å². The first kappa shape index (κ1) is 13.7. The average molecular weight is 288 g/mol. The van der Waals surface area contributed by atoms with Crippen molar-refractivity contribution < 1.29 is 9.90 Å². The van der Waals surface area contributed by atoms with Gasteiger partial charge in [-0.3, -0.25) is 9.69 Å². The number of piperidine rings is 1. The quantitative estimate of drug-likeness (QED) is 0.927. The molecule has 1 heterocycles. The first-order chi connectivity index (χ1) is 8.54. The molecule has 1 aliphatic heterocycles. The lowest BCUT2D eigenvalue weighted by molar-refractivity contribution is -0.143. The number of hydrogen-bond acceptors (Lipinski definition) is 2. The normalized spacial score (nSPS) is 20.9. The number of carboxylic acid groups (broad SMARTS) is 1. The van der Waals surface area contributed by atoms with Gasteiger partial charge in [-0.25, -0.2) is 0 Å². The van der Waals surface area contributed by atoms with Crippen LogP contribution in [-0.2, 0) is 11.3 Å². The van der Waals surface area contributed by atoms with Crippen LogP contribution >= 0.6 is 23.2 Å². The Kier molecular flexibility index (Phi) is 4.49. The van der Waals surface area contributed by atoms with E-state index >= 15 is 0 Å². The molecule has 1 atom stereocenters. The number of rotatable bonds is 3. The zero-order valence-corrected chi connectivity index (χ0v) is 11.4. The van der Waals surface area contributed by atoms with Gasteiger partial charge in [0.25, 0.3) is 0 Å². The van der Waals surface area contributed by atoms with Gasteiger partial charge < -0.3 is 5.11 Å². The van der Waals surface area contributed by atoms with Gasteiger partial charge in [0.15, 0.2) is 0 Å². The minimum absolute atomic E-state index is 0.256. The highest BCUT2D eigenvalue weighted by Crippen LogP contribution is 2.23. The smallest absolute Gasteiger partial charge is 0.307 e. The molecule has 18 heavy (non-hydrogen) atoms. The van der Waals surface area contributed by atoms with E-state index in [0.29, 0.717) is 23.1 Å². The Labute approximate surface area is 116 Å². The summed E-state index contributed by atoms with van der Waals surface area (Å²) in [6, 6.07) is 5.44. The zero-order chi connectivity index (χ0) is 13.1. The number of hydrogen-bond donors (Lipinski definition) is 1. The van der Waals surface area contributed by atoms with Crippen LogP contribution in [0.4, 0.5) is 0 Å². The average Bonchev–Trinajstić information content (AvgIpc) is 2.27. The van der Waals surface area contributed by atoms with Crippen LogP contribution in [0.3, 0.4) is 0 Å². The van der Waals surface area contributed by atoms with Crippen molar-refractivity contribution >= 4 is 29.2 Å². The van der Waals surface area contributed by atoms with Crippen LogP contribution in [0, 0.1) is 5.92 Å². The van der Waals surface area contributed by atoms with Gasteiger partial charge in [-0.15, -0.1) is 0 Å². The maximum absolute atomic E-state index is 11.0. The monoisotopic (exact) mass is 287 g/mol. The SMILES string of the molecule is O=C(O)[C@@H]1CCCN(Cc2cc(Cl)cc(Cl)c2)C1. The fourth-order valence-corrected chi connectivity index (χ4v) is 2.93. The van der Waals surface area contributed by atoms with Crippen LogP contribution in [0.25, 0.3) is 0 Å². The highest BCUT2D eigenvalue weighted by atomic mass is 35.5. The molecule has 2 rings (SSSR count). The third kappa shape index (κ3) is 3.61. The van der Waals surface area contributed by atoms with E-state index in [1.54, 1.807) is 6.07 Å². The topological polar surface area (TPSA) is 40.5 Å². The molecule has 0 aromatic heterocycles. The Bertz CT molecular complexity index is 430. The first-order valence-electron chi connectivity index (χ1n) is 5.95. The standard InChI is InChI=1S/C13H15Cl2NO2/c14-11-4-9(5-12(15)6-11)7-16-3-1-2-10(8-16)13(17)18/h4-6,10H,1-3,7-8H2,(H,17,18)/t10-/m1/s1. The van der Waals surface area contributed by atoms with Crippen LogP contribution in [0.5, 0.6) is 0 Å². The van der Waals surface area contributed by atoms with Gasteiger partial charge in [0.2, 0.25) is 0 Å². The third-order valence-corrected chi connectivity index (χ3v) is 3.62. The van der Waals surface area contributed by atoms with Crippen molar-refractivity contribution in [2.75, 3.05) is 13.1 Å². The first-order valence-corrected chi connectivity index (χ1v) is 6.70. The number of halogens is 2. The summed E-state index contributed by atoms with van der Waals surface area (Å²) in [5.41, 5.74) is 1.03. The molecule has 1 aliphatic rings. The highest BCUT2D eigenvalue weighted by Gasteiger charge is 2.25. The highest BCUT2D eigenvalue weighted by molar-refractivity contribution is 6.34. The Morgan fingerprint density at radius 3 is 2.61 bits per heavy atom. The summed E-state index contributed by atoms with van der Waals surface area (Å²) in [4.78, 5) is 13.1. The Morgan fingerprint density at radius 1 is 1.33 bits per heavy atom. The summed E-state index contributed by atoms with van der Waals surface area (Å²) in [6.45, 7) is 2.22. The lowest BCUT2D eigenvalue weighted by Crippen LogP contribution is -2.38. The molecule has 1 N–H and O–H groups in total. The molecule has 0 unspecified atom stereocenters. The van der Waals surface area contributed by atoms with E-state index in [0.717, 1.165) is 24.9 Å². The van der Waals surface area contributed by atoms with E-state index in [1.165, 1.54) is 0 Å². The largest absolute Gasteiger partial charge is 0.481 e. The van der Waals surface area contributed by atoms with Gasteiger partial charge in [-0.1, -0.05) is 23.2 Å². The van der Waals surface area contributed by atoms with Crippen molar-refractivity contribution in [2.45, 2.75) is 19.4 Å². The molecule has 0 amide bonds. The van der Waals surface area contributed by atoms with Gasteiger partial charge in [0, 0.05) is 23.1 Å². The van der Waals surface area contributed by atoms with Gasteiger partial charge in [0.1, 0.15) is 0 Å². The predicted octanol–water partition coefficient (Wildman–Crippen LogP) is 3.29. The van der Waals surface area contributed by atoms with Crippen molar-refractivity contribution in [1.29, 1.82) is 0 Å². The zero-order valence-electron chi connectivity index (χ0n) is 9.90. The fraction of sp³-hybridized carbons (Fsp3) is 0.462. The molecular formula is C13H15Cl2NO2. The van der Waals surface area contributed by atoms with E-state index in [9.17, 15) is 4.79 Å². The Hall–Kier alpha value is -0.770. The molecule has 5 heteroatoms. The van der Waals surface area contributed by atoms with Crippen molar-refractivity contribution in [3.63, 3.8) is 0 Å². The van der Waals surface area contributed by atoms with Gasteiger partial charge in [-0.2, -0.15) is 0 Å². The second kappa shape index (κ2) is 5.91. The lowest BCUT2D eigenvalue weighted by atomic mass is 9.98. The van der Waals surface area contributed by atoms with Crippen molar-refractivity contribution in [3.05, 3.63) is 33.8 Å². The molecule has 3 nitrogen and oxygen atoms in total. The number of carbonyl (C=O) groups is 1. The second-order valence-electron chi connectivity index (χ2n) is 4.69. The molecular weight excluding hydrogens is 273 g/mol.